The number of aromatic nitrogens is 3. The number of hydrogen-bond acceptors (Lipinski definition) is 5. The second-order valence-corrected chi connectivity index (χ2v) is 4.44. The van der Waals surface area contributed by atoms with Crippen molar-refractivity contribution in [2.24, 2.45) is 0 Å². The van der Waals surface area contributed by atoms with Gasteiger partial charge in [0.2, 0.25) is 5.89 Å². The maximum atomic E-state index is 12.1. The van der Waals surface area contributed by atoms with E-state index in [1.165, 1.54) is 10.6 Å². The lowest BCUT2D eigenvalue weighted by molar-refractivity contribution is 0.0694. The van der Waals surface area contributed by atoms with Gasteiger partial charge in [-0.3, -0.25) is 4.79 Å². The Labute approximate surface area is 114 Å². The highest BCUT2D eigenvalue weighted by molar-refractivity contribution is 5.87. The number of pyridine rings is 1. The Morgan fingerprint density at radius 3 is 2.85 bits per heavy atom. The molecule has 7 heteroatoms. The van der Waals surface area contributed by atoms with Crippen LogP contribution in [-0.4, -0.2) is 25.8 Å². The molecule has 0 unspecified atom stereocenters. The topological polar surface area (TPSA) is 98.2 Å². The van der Waals surface area contributed by atoms with Crippen molar-refractivity contribution >= 4 is 5.97 Å². The standard InChI is InChI=1S/C13H15N3O4/c1-3-4-11-14-10(15-20-11)7-16-8(2)5-6-9(12(16)17)13(18)19/h5-6H,3-4,7H2,1-2H3,(H,18,19). The van der Waals surface area contributed by atoms with Crippen LogP contribution >= 0.6 is 0 Å². The Morgan fingerprint density at radius 2 is 2.20 bits per heavy atom. The minimum Gasteiger partial charge on any atom is -0.477 e. The summed E-state index contributed by atoms with van der Waals surface area (Å²) in [6, 6.07) is 2.88. The van der Waals surface area contributed by atoms with Crippen LogP contribution in [0.15, 0.2) is 21.5 Å². The van der Waals surface area contributed by atoms with E-state index in [1.807, 2.05) is 6.92 Å². The molecule has 0 aliphatic heterocycles. The first-order valence-corrected chi connectivity index (χ1v) is 6.28. The zero-order chi connectivity index (χ0) is 14.7. The predicted molar refractivity (Wildman–Crippen MR) is 69.8 cm³/mol. The average Bonchev–Trinajstić information content (AvgIpc) is 2.82. The molecule has 2 aromatic rings. The maximum absolute atomic E-state index is 12.1. The second kappa shape index (κ2) is 5.68. The lowest BCUT2D eigenvalue weighted by Crippen LogP contribution is -2.28. The molecule has 0 fully saturated rings. The number of rotatable bonds is 5. The van der Waals surface area contributed by atoms with Gasteiger partial charge >= 0.3 is 5.97 Å². The van der Waals surface area contributed by atoms with Crippen LogP contribution in [0.25, 0.3) is 0 Å². The summed E-state index contributed by atoms with van der Waals surface area (Å²) < 4.78 is 6.37. The summed E-state index contributed by atoms with van der Waals surface area (Å²) >= 11 is 0. The third kappa shape index (κ3) is 2.76. The van der Waals surface area contributed by atoms with Gasteiger partial charge in [-0.2, -0.15) is 4.98 Å². The van der Waals surface area contributed by atoms with Crippen molar-refractivity contribution < 1.29 is 14.4 Å². The molecule has 2 rings (SSSR count). The van der Waals surface area contributed by atoms with Crippen LogP contribution in [0, 0.1) is 6.92 Å². The Kier molecular flexibility index (Phi) is 3.97. The number of carboxylic acids is 1. The van der Waals surface area contributed by atoms with Crippen molar-refractivity contribution in [2.75, 3.05) is 0 Å². The highest BCUT2D eigenvalue weighted by Gasteiger charge is 2.14. The predicted octanol–water partition coefficient (Wildman–Crippen LogP) is 1.24. The monoisotopic (exact) mass is 277 g/mol. The molecule has 0 spiro atoms. The lowest BCUT2D eigenvalue weighted by atomic mass is 10.2. The lowest BCUT2D eigenvalue weighted by Gasteiger charge is -2.07. The maximum Gasteiger partial charge on any atom is 0.341 e. The molecule has 0 atom stereocenters. The van der Waals surface area contributed by atoms with E-state index in [4.69, 9.17) is 9.63 Å². The molecule has 20 heavy (non-hydrogen) atoms. The van der Waals surface area contributed by atoms with Crippen molar-refractivity contribution in [1.82, 2.24) is 14.7 Å². The number of carboxylic acid groups (broad SMARTS) is 1. The van der Waals surface area contributed by atoms with E-state index in [1.54, 1.807) is 13.0 Å². The molecule has 2 heterocycles. The first-order chi connectivity index (χ1) is 9.52. The number of nitrogens with zero attached hydrogens (tertiary/aromatic N) is 3. The van der Waals surface area contributed by atoms with Gasteiger partial charge in [-0.25, -0.2) is 4.79 Å². The van der Waals surface area contributed by atoms with Crippen LogP contribution in [0.3, 0.4) is 0 Å². The van der Waals surface area contributed by atoms with E-state index >= 15 is 0 Å². The molecule has 0 bridgehead atoms. The fourth-order valence-electron chi connectivity index (χ4n) is 1.84. The van der Waals surface area contributed by atoms with Crippen LogP contribution in [0.5, 0.6) is 0 Å². The van der Waals surface area contributed by atoms with Crippen LogP contribution in [-0.2, 0) is 13.0 Å². The molecule has 2 aromatic heterocycles. The average molecular weight is 277 g/mol. The van der Waals surface area contributed by atoms with Gasteiger partial charge in [-0.1, -0.05) is 12.1 Å². The highest BCUT2D eigenvalue weighted by Crippen LogP contribution is 2.05. The van der Waals surface area contributed by atoms with E-state index in [9.17, 15) is 9.59 Å². The van der Waals surface area contributed by atoms with Crippen molar-refractivity contribution in [3.63, 3.8) is 0 Å². The van der Waals surface area contributed by atoms with Gasteiger partial charge in [-0.05, 0) is 25.5 Å². The first kappa shape index (κ1) is 14.0. The smallest absolute Gasteiger partial charge is 0.341 e. The Bertz CT molecular complexity index is 687. The zero-order valence-electron chi connectivity index (χ0n) is 11.3. The molecule has 0 aliphatic carbocycles. The third-order valence-corrected chi connectivity index (χ3v) is 2.90. The van der Waals surface area contributed by atoms with Gasteiger partial charge in [0, 0.05) is 12.1 Å². The fraction of sp³-hybridized carbons (Fsp3) is 0.385. The minimum atomic E-state index is -1.25. The molecule has 0 radical (unpaired) electrons. The fourth-order valence-corrected chi connectivity index (χ4v) is 1.84. The van der Waals surface area contributed by atoms with E-state index in [0.717, 1.165) is 6.42 Å². The largest absolute Gasteiger partial charge is 0.477 e. The molecule has 0 aromatic carbocycles. The summed E-state index contributed by atoms with van der Waals surface area (Å²) in [4.78, 5) is 27.2. The van der Waals surface area contributed by atoms with Gasteiger partial charge in [0.05, 0.1) is 6.54 Å². The molecule has 1 N–H and O–H groups in total. The van der Waals surface area contributed by atoms with E-state index in [-0.39, 0.29) is 12.1 Å². The molecule has 7 nitrogen and oxygen atoms in total. The Balaban J connectivity index is 2.35. The Hall–Kier alpha value is -2.44. The quantitative estimate of drug-likeness (QED) is 0.882. The number of aromatic carboxylic acids is 1. The molecular formula is C13H15N3O4. The van der Waals surface area contributed by atoms with E-state index in [2.05, 4.69) is 10.1 Å². The molecule has 0 saturated carbocycles. The molecule has 106 valence electrons. The van der Waals surface area contributed by atoms with Crippen molar-refractivity contribution in [1.29, 1.82) is 0 Å². The van der Waals surface area contributed by atoms with Gasteiger partial charge < -0.3 is 14.2 Å². The number of carbonyl (C=O) groups is 1. The summed E-state index contributed by atoms with van der Waals surface area (Å²) in [5.41, 5.74) is -0.200. The van der Waals surface area contributed by atoms with E-state index < -0.39 is 11.5 Å². The van der Waals surface area contributed by atoms with Crippen LogP contribution in [0.1, 0.15) is 41.1 Å². The number of aryl methyl sites for hydroxylation is 2. The van der Waals surface area contributed by atoms with Crippen LogP contribution < -0.4 is 5.56 Å². The van der Waals surface area contributed by atoms with Crippen LogP contribution in [0.2, 0.25) is 0 Å². The minimum absolute atomic E-state index is 0.0962. The molecule has 0 aliphatic rings. The van der Waals surface area contributed by atoms with Crippen molar-refractivity contribution in [3.05, 3.63) is 45.5 Å². The summed E-state index contributed by atoms with van der Waals surface area (Å²) in [5, 5.41) is 12.8. The van der Waals surface area contributed by atoms with Gasteiger partial charge in [-0.15, -0.1) is 0 Å². The molecule has 0 amide bonds. The second-order valence-electron chi connectivity index (χ2n) is 4.44. The normalized spacial score (nSPS) is 10.7. The summed E-state index contributed by atoms with van der Waals surface area (Å²) in [7, 11) is 0. The third-order valence-electron chi connectivity index (χ3n) is 2.90. The van der Waals surface area contributed by atoms with Crippen LogP contribution in [0.4, 0.5) is 0 Å². The van der Waals surface area contributed by atoms with E-state index in [0.29, 0.717) is 23.8 Å². The Morgan fingerprint density at radius 1 is 1.45 bits per heavy atom. The molecule has 0 saturated heterocycles. The number of hydrogen-bond donors (Lipinski definition) is 1. The van der Waals surface area contributed by atoms with Gasteiger partial charge in [0.1, 0.15) is 5.56 Å². The molecular weight excluding hydrogens is 262 g/mol. The van der Waals surface area contributed by atoms with Crippen molar-refractivity contribution in [3.8, 4) is 0 Å². The summed E-state index contributed by atoms with van der Waals surface area (Å²) in [6.45, 7) is 3.81. The zero-order valence-corrected chi connectivity index (χ0v) is 11.3. The van der Waals surface area contributed by atoms with Gasteiger partial charge in [0.15, 0.2) is 5.82 Å². The summed E-state index contributed by atoms with van der Waals surface area (Å²) in [5.74, 6) is -0.368. The first-order valence-electron chi connectivity index (χ1n) is 6.28. The van der Waals surface area contributed by atoms with Crippen molar-refractivity contribution in [2.45, 2.75) is 33.2 Å². The van der Waals surface area contributed by atoms with Gasteiger partial charge in [0.25, 0.3) is 5.56 Å². The summed E-state index contributed by atoms with van der Waals surface area (Å²) in [6.07, 6.45) is 1.56. The highest BCUT2D eigenvalue weighted by atomic mass is 16.5. The SMILES string of the molecule is CCCc1nc(Cn2c(C)ccc(C(=O)O)c2=O)no1.